The van der Waals surface area contributed by atoms with Gasteiger partial charge in [0.15, 0.2) is 8.32 Å². The fourth-order valence-electron chi connectivity index (χ4n) is 8.10. The van der Waals surface area contributed by atoms with Gasteiger partial charge in [0, 0.05) is 32.3 Å². The van der Waals surface area contributed by atoms with Crippen LogP contribution in [0.5, 0.6) is 5.75 Å². The number of amides is 4. The number of hydrogen-bond acceptors (Lipinski definition) is 15. The summed E-state index contributed by atoms with van der Waals surface area (Å²) in [5.74, 6) is -3.34. The van der Waals surface area contributed by atoms with Gasteiger partial charge in [-0.05, 0) is 113 Å². The van der Waals surface area contributed by atoms with E-state index in [1.807, 2.05) is 17.0 Å². The maximum atomic E-state index is 14.6. The van der Waals surface area contributed by atoms with E-state index >= 15 is 0 Å². The maximum Gasteiger partial charge on any atom is 0.408 e. The van der Waals surface area contributed by atoms with Crippen molar-refractivity contribution in [3.8, 4) is 5.75 Å². The number of nitrogens with zero attached hydrogens (tertiary/aromatic N) is 2. The summed E-state index contributed by atoms with van der Waals surface area (Å²) in [4.78, 5) is 87.7. The van der Waals surface area contributed by atoms with Crippen LogP contribution in [0.1, 0.15) is 95.0 Å². The summed E-state index contributed by atoms with van der Waals surface area (Å²) in [5, 5.41) is 10.7. The molecule has 0 saturated carbocycles. The molecule has 0 unspecified atom stereocenters. The van der Waals surface area contributed by atoms with E-state index in [9.17, 15) is 37.2 Å². The summed E-state index contributed by atoms with van der Waals surface area (Å²) in [7, 11) is -4.95. The summed E-state index contributed by atoms with van der Waals surface area (Å²) in [5.41, 5.74) is 8.21. The standard InChI is InChI=1S/C54H80N8O13SSi/c1-35-28-44(71-10)36(2)37(3)47(35)76(69,70)61-51(55)56-25-19-24-41(48(65)57-31-46(64)72-33-38-20-15-13-16-21-38)59-50(67)43-29-40(32-62(43)26-27-74-77(11,12)54(7,8)9)58-49(66)42(30-45(63)75-53(4,5)6)60-52(68)73-34-39-22-17-14-18-23-39/h13-18,20-23,28,40-43H,19,24-27,29-34H2,1-12H3,(H,57,65)(H,58,66)(H,59,67)(H,60,68)(H3,55,56,61)/t40-,41-,42-,43-/m0/s1. The second-order valence-electron chi connectivity index (χ2n) is 21.5. The fraction of sp³-hybridized carbons (Fsp3) is 0.537. The highest BCUT2D eigenvalue weighted by Gasteiger charge is 2.42. The van der Waals surface area contributed by atoms with Crippen LogP contribution in [0.25, 0.3) is 0 Å². The zero-order valence-electron chi connectivity index (χ0n) is 46.6. The van der Waals surface area contributed by atoms with Crippen molar-refractivity contribution >= 4 is 60.1 Å². The van der Waals surface area contributed by atoms with Crippen LogP contribution in [0.4, 0.5) is 4.79 Å². The highest BCUT2D eigenvalue weighted by Crippen LogP contribution is 2.36. The molecule has 1 fully saturated rings. The molecule has 23 heteroatoms. The molecule has 1 aliphatic rings. The summed E-state index contributed by atoms with van der Waals surface area (Å²) in [6.45, 7) is 20.5. The van der Waals surface area contributed by atoms with E-state index in [1.54, 1.807) is 96.1 Å². The Labute approximate surface area is 454 Å². The number of likely N-dealkylation sites (tertiary alicyclic amines) is 1. The van der Waals surface area contributed by atoms with Crippen molar-refractivity contribution in [3.63, 3.8) is 0 Å². The first-order valence-corrected chi connectivity index (χ1v) is 30.0. The summed E-state index contributed by atoms with van der Waals surface area (Å²) in [6.07, 6.45) is -1.34. The number of aryl methyl sites for hydroxylation is 1. The Morgan fingerprint density at radius 3 is 2.03 bits per heavy atom. The highest BCUT2D eigenvalue weighted by molar-refractivity contribution is 7.90. The number of guanidine groups is 1. The lowest BCUT2D eigenvalue weighted by atomic mass is 10.1. The van der Waals surface area contributed by atoms with Gasteiger partial charge in [0.05, 0.1) is 24.5 Å². The predicted molar refractivity (Wildman–Crippen MR) is 293 cm³/mol. The van der Waals surface area contributed by atoms with Crippen molar-refractivity contribution in [2.24, 2.45) is 10.7 Å². The number of alkyl carbamates (subject to hydrolysis) is 1. The number of benzene rings is 3. The quantitative estimate of drug-likeness (QED) is 0.0164. The molecule has 1 saturated heterocycles. The molecule has 0 spiro atoms. The molecule has 0 bridgehead atoms. The van der Waals surface area contributed by atoms with E-state index in [0.29, 0.717) is 28.0 Å². The molecule has 3 aromatic rings. The maximum absolute atomic E-state index is 14.6. The number of aliphatic imine (C=N–C) groups is 1. The number of rotatable bonds is 25. The van der Waals surface area contributed by atoms with Crippen LogP contribution >= 0.6 is 0 Å². The number of methoxy groups -OCH3 is 1. The van der Waals surface area contributed by atoms with Crippen molar-refractivity contribution in [1.82, 2.24) is 30.9 Å². The Kier molecular flexibility index (Phi) is 23.0. The molecule has 4 rings (SSSR count). The molecular formula is C54H80N8O13SSi. The second-order valence-corrected chi connectivity index (χ2v) is 28.0. The molecule has 0 aromatic heterocycles. The van der Waals surface area contributed by atoms with Crippen LogP contribution in [-0.4, -0.2) is 133 Å². The van der Waals surface area contributed by atoms with E-state index in [1.165, 1.54) is 7.11 Å². The molecule has 0 radical (unpaired) electrons. The van der Waals surface area contributed by atoms with Gasteiger partial charge in [0.25, 0.3) is 10.0 Å². The third-order valence-corrected chi connectivity index (χ3v) is 19.4. The number of carbonyl (C=O) groups is 6. The van der Waals surface area contributed by atoms with Crippen molar-refractivity contribution in [1.29, 1.82) is 0 Å². The first-order chi connectivity index (χ1) is 36.0. The van der Waals surface area contributed by atoms with E-state index < -0.39 is 103 Å². The van der Waals surface area contributed by atoms with E-state index in [0.717, 1.165) is 5.56 Å². The van der Waals surface area contributed by atoms with Gasteiger partial charge in [0.2, 0.25) is 23.7 Å². The van der Waals surface area contributed by atoms with Gasteiger partial charge in [-0.25, -0.2) is 17.9 Å². The third kappa shape index (κ3) is 20.1. The minimum atomic E-state index is -4.18. The average Bonchev–Trinajstić information content (AvgIpc) is 3.75. The molecule has 4 atom stereocenters. The molecule has 21 nitrogen and oxygen atoms in total. The van der Waals surface area contributed by atoms with Crippen molar-refractivity contribution < 1.29 is 60.6 Å². The van der Waals surface area contributed by atoms with Crippen molar-refractivity contribution in [3.05, 3.63) is 94.5 Å². The zero-order chi connectivity index (χ0) is 57.3. The zero-order valence-corrected chi connectivity index (χ0v) is 48.4. The van der Waals surface area contributed by atoms with Gasteiger partial charge in [-0.2, -0.15) is 0 Å². The molecule has 77 heavy (non-hydrogen) atoms. The molecule has 3 aromatic carbocycles. The molecule has 4 amide bonds. The first-order valence-electron chi connectivity index (χ1n) is 25.6. The number of nitrogens with one attached hydrogen (secondary N) is 5. The van der Waals surface area contributed by atoms with Crippen LogP contribution < -0.4 is 36.5 Å². The number of ether oxygens (including phenoxy) is 4. The molecule has 1 aliphatic heterocycles. The van der Waals surface area contributed by atoms with E-state index in [2.05, 4.69) is 64.8 Å². The Morgan fingerprint density at radius 2 is 1.44 bits per heavy atom. The Morgan fingerprint density at radius 1 is 0.831 bits per heavy atom. The normalized spacial score (nSPS) is 16.1. The molecule has 424 valence electrons. The topological polar surface area (TPSA) is 284 Å². The minimum absolute atomic E-state index is 0.0272. The van der Waals surface area contributed by atoms with Gasteiger partial charge >= 0.3 is 18.0 Å². The smallest absolute Gasteiger partial charge is 0.408 e. The molecule has 7 N–H and O–H groups in total. The SMILES string of the molecule is COc1cc(C)c(S(=O)(=O)NC(N)=NCCC[C@H](NC(=O)[C@@H]2C[C@H](NC(=O)[C@H](CC(=O)OC(C)(C)C)NC(=O)OCc3ccccc3)CN2CCO[Si](C)(C)C(C)(C)C)C(=O)NCC(=O)OCc2ccccc2)c(C)c1C. The summed E-state index contributed by atoms with van der Waals surface area (Å²) >= 11 is 0. The average molecular weight is 1110 g/mol. The lowest BCUT2D eigenvalue weighted by Gasteiger charge is -2.37. The van der Waals surface area contributed by atoms with Crippen molar-refractivity contribution in [2.75, 3.05) is 39.9 Å². The van der Waals surface area contributed by atoms with E-state index in [-0.39, 0.29) is 68.7 Å². The molecular weight excluding hydrogens is 1030 g/mol. The lowest BCUT2D eigenvalue weighted by molar-refractivity contribution is -0.156. The van der Waals surface area contributed by atoms with Crippen LogP contribution in [-0.2, 0) is 65.8 Å². The van der Waals surface area contributed by atoms with Crippen LogP contribution in [0.15, 0.2) is 76.6 Å². The fourth-order valence-corrected chi connectivity index (χ4v) is 10.6. The predicted octanol–water partition coefficient (Wildman–Crippen LogP) is 4.95. The van der Waals surface area contributed by atoms with Crippen molar-refractivity contribution in [2.45, 2.75) is 154 Å². The Balaban J connectivity index is 1.56. The Hall–Kier alpha value is -6.56. The third-order valence-electron chi connectivity index (χ3n) is 13.2. The highest BCUT2D eigenvalue weighted by atomic mass is 32.2. The molecule has 0 aliphatic carbocycles. The summed E-state index contributed by atoms with van der Waals surface area (Å²) in [6, 6.07) is 15.2. The van der Waals surface area contributed by atoms with Crippen LogP contribution in [0, 0.1) is 20.8 Å². The van der Waals surface area contributed by atoms with Gasteiger partial charge in [-0.1, -0.05) is 81.4 Å². The first kappa shape index (κ1) is 63.0. The number of carbonyl (C=O) groups excluding carboxylic acids is 6. The van der Waals surface area contributed by atoms with Crippen LogP contribution in [0.2, 0.25) is 18.1 Å². The number of esters is 2. The molecule has 1 heterocycles. The second kappa shape index (κ2) is 28.2. The van der Waals surface area contributed by atoms with Gasteiger partial charge in [-0.15, -0.1) is 0 Å². The van der Waals surface area contributed by atoms with Gasteiger partial charge in [0.1, 0.15) is 43.2 Å². The van der Waals surface area contributed by atoms with Crippen LogP contribution in [0.3, 0.4) is 0 Å². The van der Waals surface area contributed by atoms with E-state index in [4.69, 9.17) is 29.1 Å². The van der Waals surface area contributed by atoms with Gasteiger partial charge < -0.3 is 50.4 Å². The Bertz CT molecular complexity index is 2660. The number of nitrogens with two attached hydrogens (primary N) is 1. The number of hydrogen-bond donors (Lipinski definition) is 6. The number of sulfonamides is 1. The lowest BCUT2D eigenvalue weighted by Crippen LogP contribution is -2.53. The summed E-state index contributed by atoms with van der Waals surface area (Å²) < 4.78 is 57.5. The monoisotopic (exact) mass is 1110 g/mol. The largest absolute Gasteiger partial charge is 0.496 e. The van der Waals surface area contributed by atoms with Gasteiger partial charge in [-0.3, -0.25) is 33.9 Å². The minimum Gasteiger partial charge on any atom is -0.496 e.